The minimum atomic E-state index is 0.595. The molecule has 2 nitrogen and oxygen atoms in total. The second-order valence-electron chi connectivity index (χ2n) is 4.49. The minimum absolute atomic E-state index is 0.595. The van der Waals surface area contributed by atoms with Crippen LogP contribution in [-0.2, 0) is 6.42 Å². The molecule has 0 aliphatic heterocycles. The first kappa shape index (κ1) is 8.30. The van der Waals surface area contributed by atoms with Crippen LogP contribution in [0.25, 0.3) is 0 Å². The standard InChI is InChI=1S/C12H16N2/c13-9-2-5-11-8(7-9)1-6-12(11)14-10-3-4-10/h2,5,7,10,12,14H,1,3-4,6,13H2. The lowest BCUT2D eigenvalue weighted by Gasteiger charge is -2.13. The molecule has 1 fully saturated rings. The van der Waals surface area contributed by atoms with Gasteiger partial charge in [0.2, 0.25) is 0 Å². The Morgan fingerprint density at radius 1 is 1.21 bits per heavy atom. The van der Waals surface area contributed by atoms with Crippen LogP contribution in [0.15, 0.2) is 18.2 Å². The van der Waals surface area contributed by atoms with Gasteiger partial charge in [-0.2, -0.15) is 0 Å². The molecular formula is C12H16N2. The molecule has 1 aromatic rings. The summed E-state index contributed by atoms with van der Waals surface area (Å²) in [5.74, 6) is 0. The van der Waals surface area contributed by atoms with E-state index >= 15 is 0 Å². The highest BCUT2D eigenvalue weighted by Gasteiger charge is 2.29. The maximum atomic E-state index is 5.77. The van der Waals surface area contributed by atoms with Crippen LogP contribution in [0, 0.1) is 0 Å². The number of nitrogen functional groups attached to an aromatic ring is 1. The van der Waals surface area contributed by atoms with Gasteiger partial charge in [0.25, 0.3) is 0 Å². The van der Waals surface area contributed by atoms with Crippen molar-refractivity contribution >= 4 is 5.69 Å². The lowest BCUT2D eigenvalue weighted by molar-refractivity contribution is 0.527. The first-order chi connectivity index (χ1) is 6.83. The van der Waals surface area contributed by atoms with Gasteiger partial charge < -0.3 is 11.1 Å². The predicted molar refractivity (Wildman–Crippen MR) is 58.1 cm³/mol. The molecule has 74 valence electrons. The zero-order valence-electron chi connectivity index (χ0n) is 8.29. The highest BCUT2D eigenvalue weighted by Crippen LogP contribution is 2.35. The summed E-state index contributed by atoms with van der Waals surface area (Å²) < 4.78 is 0. The quantitative estimate of drug-likeness (QED) is 0.697. The summed E-state index contributed by atoms with van der Waals surface area (Å²) in [5, 5.41) is 3.69. The first-order valence-corrected chi connectivity index (χ1v) is 5.47. The number of nitrogens with one attached hydrogen (secondary N) is 1. The lowest BCUT2D eigenvalue weighted by atomic mass is 10.1. The Morgan fingerprint density at radius 2 is 2.07 bits per heavy atom. The van der Waals surface area contributed by atoms with Gasteiger partial charge in [-0.25, -0.2) is 0 Å². The molecule has 1 aromatic carbocycles. The number of benzene rings is 1. The molecule has 3 rings (SSSR count). The van der Waals surface area contributed by atoms with Crippen molar-refractivity contribution in [3.05, 3.63) is 29.3 Å². The first-order valence-electron chi connectivity index (χ1n) is 5.47. The topological polar surface area (TPSA) is 38.0 Å². The highest BCUT2D eigenvalue weighted by molar-refractivity contribution is 5.47. The molecule has 1 atom stereocenters. The van der Waals surface area contributed by atoms with Crippen molar-refractivity contribution < 1.29 is 0 Å². The van der Waals surface area contributed by atoms with Gasteiger partial charge in [-0.05, 0) is 48.9 Å². The van der Waals surface area contributed by atoms with Gasteiger partial charge in [0, 0.05) is 17.8 Å². The smallest absolute Gasteiger partial charge is 0.0328 e. The number of hydrogen-bond acceptors (Lipinski definition) is 2. The van der Waals surface area contributed by atoms with E-state index in [9.17, 15) is 0 Å². The summed E-state index contributed by atoms with van der Waals surface area (Å²) in [6.07, 6.45) is 5.15. The van der Waals surface area contributed by atoms with Gasteiger partial charge >= 0.3 is 0 Å². The van der Waals surface area contributed by atoms with E-state index in [1.807, 2.05) is 6.07 Å². The van der Waals surface area contributed by atoms with Crippen LogP contribution < -0.4 is 11.1 Å². The number of anilines is 1. The average Bonchev–Trinajstić information content (AvgIpc) is 2.89. The summed E-state index contributed by atoms with van der Waals surface area (Å²) >= 11 is 0. The molecule has 2 aliphatic carbocycles. The Bertz CT molecular complexity index is 355. The summed E-state index contributed by atoms with van der Waals surface area (Å²) in [6.45, 7) is 0. The largest absolute Gasteiger partial charge is 0.399 e. The fourth-order valence-corrected chi connectivity index (χ4v) is 2.35. The Kier molecular flexibility index (Phi) is 1.77. The Hall–Kier alpha value is -1.02. The molecule has 0 bridgehead atoms. The minimum Gasteiger partial charge on any atom is -0.399 e. The van der Waals surface area contributed by atoms with Gasteiger partial charge in [-0.1, -0.05) is 6.07 Å². The normalized spacial score (nSPS) is 25.0. The zero-order valence-corrected chi connectivity index (χ0v) is 8.29. The van der Waals surface area contributed by atoms with E-state index in [1.165, 1.54) is 36.8 Å². The fourth-order valence-electron chi connectivity index (χ4n) is 2.35. The van der Waals surface area contributed by atoms with E-state index in [4.69, 9.17) is 5.73 Å². The monoisotopic (exact) mass is 188 g/mol. The molecule has 14 heavy (non-hydrogen) atoms. The van der Waals surface area contributed by atoms with E-state index in [2.05, 4.69) is 17.4 Å². The highest BCUT2D eigenvalue weighted by atomic mass is 15.0. The zero-order chi connectivity index (χ0) is 9.54. The van der Waals surface area contributed by atoms with Crippen molar-refractivity contribution in [1.82, 2.24) is 5.32 Å². The molecule has 1 saturated carbocycles. The molecule has 1 unspecified atom stereocenters. The third kappa shape index (κ3) is 1.40. The average molecular weight is 188 g/mol. The second kappa shape index (κ2) is 2.99. The second-order valence-corrected chi connectivity index (χ2v) is 4.49. The van der Waals surface area contributed by atoms with Crippen molar-refractivity contribution in [2.45, 2.75) is 37.8 Å². The Labute approximate surface area is 84.5 Å². The Morgan fingerprint density at radius 3 is 2.86 bits per heavy atom. The van der Waals surface area contributed by atoms with E-state index in [0.717, 1.165) is 11.7 Å². The van der Waals surface area contributed by atoms with Crippen molar-refractivity contribution in [3.8, 4) is 0 Å². The van der Waals surface area contributed by atoms with Crippen LogP contribution >= 0.6 is 0 Å². The third-order valence-corrected chi connectivity index (χ3v) is 3.26. The maximum Gasteiger partial charge on any atom is 0.0328 e. The Balaban J connectivity index is 1.85. The predicted octanol–water partition coefficient (Wildman–Crippen LogP) is 2.01. The number of nitrogens with two attached hydrogens (primary N) is 1. The van der Waals surface area contributed by atoms with Gasteiger partial charge in [-0.3, -0.25) is 0 Å². The van der Waals surface area contributed by atoms with Crippen LogP contribution in [0.2, 0.25) is 0 Å². The third-order valence-electron chi connectivity index (χ3n) is 3.26. The van der Waals surface area contributed by atoms with Crippen LogP contribution in [0.1, 0.15) is 36.4 Å². The number of aryl methyl sites for hydroxylation is 1. The molecule has 0 amide bonds. The number of rotatable bonds is 2. The van der Waals surface area contributed by atoms with Crippen molar-refractivity contribution in [3.63, 3.8) is 0 Å². The maximum absolute atomic E-state index is 5.77. The number of fused-ring (bicyclic) bond motifs is 1. The molecule has 2 heteroatoms. The molecule has 0 radical (unpaired) electrons. The number of hydrogen-bond donors (Lipinski definition) is 2. The molecule has 0 heterocycles. The molecule has 0 aromatic heterocycles. The van der Waals surface area contributed by atoms with Crippen LogP contribution in [0.5, 0.6) is 0 Å². The molecule has 2 aliphatic rings. The van der Waals surface area contributed by atoms with Gasteiger partial charge in [0.05, 0.1) is 0 Å². The van der Waals surface area contributed by atoms with E-state index in [0.29, 0.717) is 6.04 Å². The SMILES string of the molecule is Nc1ccc2c(c1)CCC2NC1CC1. The van der Waals surface area contributed by atoms with Gasteiger partial charge in [-0.15, -0.1) is 0 Å². The summed E-state index contributed by atoms with van der Waals surface area (Å²) in [7, 11) is 0. The van der Waals surface area contributed by atoms with Crippen LogP contribution in [0.4, 0.5) is 5.69 Å². The van der Waals surface area contributed by atoms with Crippen molar-refractivity contribution in [2.75, 3.05) is 5.73 Å². The van der Waals surface area contributed by atoms with Gasteiger partial charge in [0.15, 0.2) is 0 Å². The lowest BCUT2D eigenvalue weighted by Crippen LogP contribution is -2.21. The van der Waals surface area contributed by atoms with E-state index in [-0.39, 0.29) is 0 Å². The van der Waals surface area contributed by atoms with Crippen molar-refractivity contribution in [2.24, 2.45) is 0 Å². The van der Waals surface area contributed by atoms with Crippen molar-refractivity contribution in [1.29, 1.82) is 0 Å². The molecule has 0 spiro atoms. The fraction of sp³-hybridized carbons (Fsp3) is 0.500. The summed E-state index contributed by atoms with van der Waals surface area (Å²) in [6, 6.07) is 7.73. The molecular weight excluding hydrogens is 172 g/mol. The van der Waals surface area contributed by atoms with E-state index < -0.39 is 0 Å². The van der Waals surface area contributed by atoms with Crippen LogP contribution in [-0.4, -0.2) is 6.04 Å². The molecule has 0 saturated heterocycles. The molecule has 3 N–H and O–H groups in total. The summed E-state index contributed by atoms with van der Waals surface area (Å²) in [4.78, 5) is 0. The van der Waals surface area contributed by atoms with E-state index in [1.54, 1.807) is 0 Å². The van der Waals surface area contributed by atoms with Gasteiger partial charge in [0.1, 0.15) is 0 Å². The summed E-state index contributed by atoms with van der Waals surface area (Å²) in [5.41, 5.74) is 9.59. The van der Waals surface area contributed by atoms with Crippen LogP contribution in [0.3, 0.4) is 0 Å².